The van der Waals surface area contributed by atoms with E-state index in [4.69, 9.17) is 16.2 Å². The van der Waals surface area contributed by atoms with E-state index >= 15 is 0 Å². The summed E-state index contributed by atoms with van der Waals surface area (Å²) in [5.74, 6) is 0. The van der Waals surface area contributed by atoms with Crippen LogP contribution >= 0.6 is 15.9 Å². The molecule has 0 saturated heterocycles. The number of ether oxygens (including phenoxy) is 1. The maximum absolute atomic E-state index is 6.14. The lowest BCUT2D eigenvalue weighted by Gasteiger charge is -2.11. The van der Waals surface area contributed by atoms with Crippen molar-refractivity contribution in [2.75, 3.05) is 18.1 Å². The van der Waals surface area contributed by atoms with Gasteiger partial charge in [-0.3, -0.25) is 4.98 Å². The van der Waals surface area contributed by atoms with Gasteiger partial charge in [-0.1, -0.05) is 46.3 Å². The van der Waals surface area contributed by atoms with Crippen molar-refractivity contribution in [1.29, 1.82) is 0 Å². The van der Waals surface area contributed by atoms with E-state index < -0.39 is 0 Å². The highest BCUT2D eigenvalue weighted by atomic mass is 79.9. The Hall–Kier alpha value is -2.11. The number of fused-ring (bicyclic) bond motifs is 1. The van der Waals surface area contributed by atoms with Crippen LogP contribution < -0.4 is 11.5 Å². The molecule has 0 unspecified atom stereocenters. The smallest absolute Gasteiger partial charge is 0.0774 e. The molecule has 3 aromatic rings. The Morgan fingerprint density at radius 1 is 1.00 bits per heavy atom. The Labute approximate surface area is 143 Å². The molecule has 2 aromatic carbocycles. The molecule has 4 N–H and O–H groups in total. The molecule has 0 fully saturated rings. The molecule has 0 atom stereocenters. The highest BCUT2D eigenvalue weighted by molar-refractivity contribution is 9.10. The minimum Gasteiger partial charge on any atom is -0.396 e. The van der Waals surface area contributed by atoms with E-state index in [1.54, 1.807) is 0 Å². The van der Waals surface area contributed by atoms with Crippen LogP contribution in [0.25, 0.3) is 10.9 Å². The van der Waals surface area contributed by atoms with Gasteiger partial charge in [0.25, 0.3) is 0 Å². The van der Waals surface area contributed by atoms with Gasteiger partial charge in [0, 0.05) is 16.3 Å². The summed E-state index contributed by atoms with van der Waals surface area (Å²) in [7, 11) is 0. The average molecular weight is 372 g/mol. The van der Waals surface area contributed by atoms with E-state index in [9.17, 15) is 0 Å². The molecule has 3 rings (SSSR count). The van der Waals surface area contributed by atoms with Crippen molar-refractivity contribution in [1.82, 2.24) is 4.98 Å². The Bertz CT molecular complexity index is 821. The van der Waals surface area contributed by atoms with E-state index in [2.05, 4.69) is 20.9 Å². The van der Waals surface area contributed by atoms with Crippen molar-refractivity contribution in [3.8, 4) is 0 Å². The van der Waals surface area contributed by atoms with Crippen LogP contribution in [0.1, 0.15) is 11.3 Å². The van der Waals surface area contributed by atoms with E-state index in [0.29, 0.717) is 31.0 Å². The molecule has 1 aromatic heterocycles. The fraction of sp³-hybridized carbons (Fsp3) is 0.167. The molecule has 0 amide bonds. The number of nitrogen functional groups attached to an aromatic ring is 2. The van der Waals surface area contributed by atoms with Gasteiger partial charge in [-0.05, 0) is 23.8 Å². The lowest BCUT2D eigenvalue weighted by molar-refractivity contribution is 0.123. The van der Waals surface area contributed by atoms with E-state index in [-0.39, 0.29) is 0 Å². The quantitative estimate of drug-likeness (QED) is 0.666. The molecular weight excluding hydrogens is 354 g/mol. The molecule has 0 radical (unpaired) electrons. The van der Waals surface area contributed by atoms with Crippen molar-refractivity contribution < 1.29 is 4.74 Å². The standard InChI is InChI=1S/C18H18BrN3O/c19-13-6-7-14-16(10-13)22-15(18(21)17(14)20)8-9-23-11-12-4-2-1-3-5-12/h1-7,10H,8-9,11,21H2,(H2,20,22). The number of halogens is 1. The van der Waals surface area contributed by atoms with Crippen molar-refractivity contribution in [2.24, 2.45) is 0 Å². The van der Waals surface area contributed by atoms with Gasteiger partial charge < -0.3 is 16.2 Å². The number of hydrogen-bond acceptors (Lipinski definition) is 4. The first kappa shape index (κ1) is 15.8. The number of nitrogens with two attached hydrogens (primary N) is 2. The van der Waals surface area contributed by atoms with Gasteiger partial charge in [-0.25, -0.2) is 0 Å². The summed E-state index contributed by atoms with van der Waals surface area (Å²) in [4.78, 5) is 4.63. The molecule has 1 heterocycles. The van der Waals surface area contributed by atoms with Gasteiger partial charge in [-0.2, -0.15) is 0 Å². The average Bonchev–Trinajstić information content (AvgIpc) is 2.56. The number of nitrogens with zero attached hydrogens (tertiary/aromatic N) is 1. The second kappa shape index (κ2) is 6.98. The van der Waals surface area contributed by atoms with Crippen LogP contribution in [0, 0.1) is 0 Å². The van der Waals surface area contributed by atoms with E-state index in [1.807, 2.05) is 48.5 Å². The Balaban J connectivity index is 1.71. The van der Waals surface area contributed by atoms with Crippen molar-refractivity contribution in [3.63, 3.8) is 0 Å². The number of rotatable bonds is 5. The maximum atomic E-state index is 6.14. The van der Waals surface area contributed by atoms with E-state index in [1.165, 1.54) is 0 Å². The van der Waals surface area contributed by atoms with E-state index in [0.717, 1.165) is 26.6 Å². The van der Waals surface area contributed by atoms with Crippen molar-refractivity contribution in [3.05, 3.63) is 64.3 Å². The Kier molecular flexibility index (Phi) is 4.79. The van der Waals surface area contributed by atoms with Gasteiger partial charge >= 0.3 is 0 Å². The molecule has 0 aliphatic rings. The number of hydrogen-bond donors (Lipinski definition) is 2. The third-order valence-corrected chi connectivity index (χ3v) is 4.19. The number of benzene rings is 2. The van der Waals surface area contributed by atoms with Gasteiger partial charge in [0.05, 0.1) is 35.8 Å². The largest absolute Gasteiger partial charge is 0.396 e. The highest BCUT2D eigenvalue weighted by Crippen LogP contribution is 2.30. The zero-order chi connectivity index (χ0) is 16.2. The molecule has 0 bridgehead atoms. The highest BCUT2D eigenvalue weighted by Gasteiger charge is 2.10. The van der Waals surface area contributed by atoms with Crippen LogP contribution in [-0.4, -0.2) is 11.6 Å². The molecular formula is C18H18BrN3O. The summed E-state index contributed by atoms with van der Waals surface area (Å²) in [5, 5.41) is 0.875. The first-order chi connectivity index (χ1) is 11.1. The predicted molar refractivity (Wildman–Crippen MR) is 98.1 cm³/mol. The fourth-order valence-corrected chi connectivity index (χ4v) is 2.80. The van der Waals surface area contributed by atoms with Gasteiger partial charge in [0.1, 0.15) is 0 Å². The van der Waals surface area contributed by atoms with Crippen LogP contribution in [0.4, 0.5) is 11.4 Å². The van der Waals surface area contributed by atoms with Gasteiger partial charge in [0.15, 0.2) is 0 Å². The summed E-state index contributed by atoms with van der Waals surface area (Å²) in [5.41, 5.74) is 16.2. The number of aromatic nitrogens is 1. The lowest BCUT2D eigenvalue weighted by atomic mass is 10.1. The fourth-order valence-electron chi connectivity index (χ4n) is 2.45. The molecule has 0 saturated carbocycles. The van der Waals surface area contributed by atoms with Crippen molar-refractivity contribution in [2.45, 2.75) is 13.0 Å². The maximum Gasteiger partial charge on any atom is 0.0774 e. The molecule has 23 heavy (non-hydrogen) atoms. The normalized spacial score (nSPS) is 11.0. The number of anilines is 2. The summed E-state index contributed by atoms with van der Waals surface area (Å²) in [6, 6.07) is 15.9. The molecule has 4 nitrogen and oxygen atoms in total. The molecule has 0 aliphatic heterocycles. The van der Waals surface area contributed by atoms with Crippen LogP contribution in [0.2, 0.25) is 0 Å². The minimum atomic E-state index is 0.545. The summed E-state index contributed by atoms with van der Waals surface area (Å²) in [6.07, 6.45) is 0.630. The third-order valence-electron chi connectivity index (χ3n) is 3.70. The molecule has 0 aliphatic carbocycles. The van der Waals surface area contributed by atoms with Crippen LogP contribution in [0.15, 0.2) is 53.0 Å². The van der Waals surface area contributed by atoms with Crippen LogP contribution in [-0.2, 0) is 17.8 Å². The molecule has 0 spiro atoms. The Morgan fingerprint density at radius 3 is 2.57 bits per heavy atom. The predicted octanol–water partition coefficient (Wildman–Crippen LogP) is 3.92. The topological polar surface area (TPSA) is 74.2 Å². The van der Waals surface area contributed by atoms with Crippen molar-refractivity contribution >= 4 is 38.2 Å². The SMILES string of the molecule is Nc1c(CCOCc2ccccc2)nc2cc(Br)ccc2c1N. The Morgan fingerprint density at radius 2 is 1.78 bits per heavy atom. The zero-order valence-corrected chi connectivity index (χ0v) is 14.2. The van der Waals surface area contributed by atoms with Crippen LogP contribution in [0.5, 0.6) is 0 Å². The van der Waals surface area contributed by atoms with Gasteiger partial charge in [0.2, 0.25) is 0 Å². The summed E-state index contributed by atoms with van der Waals surface area (Å²) in [6.45, 7) is 1.13. The summed E-state index contributed by atoms with van der Waals surface area (Å²) < 4.78 is 6.67. The first-order valence-electron chi connectivity index (χ1n) is 7.40. The first-order valence-corrected chi connectivity index (χ1v) is 8.19. The van der Waals surface area contributed by atoms with Crippen LogP contribution in [0.3, 0.4) is 0 Å². The number of pyridine rings is 1. The zero-order valence-electron chi connectivity index (χ0n) is 12.6. The second-order valence-corrected chi connectivity index (χ2v) is 6.25. The molecule has 118 valence electrons. The lowest BCUT2D eigenvalue weighted by Crippen LogP contribution is -2.07. The second-order valence-electron chi connectivity index (χ2n) is 5.34. The monoisotopic (exact) mass is 371 g/mol. The summed E-state index contributed by atoms with van der Waals surface area (Å²) >= 11 is 3.45. The minimum absolute atomic E-state index is 0.545. The third kappa shape index (κ3) is 3.63. The molecule has 5 heteroatoms. The van der Waals surface area contributed by atoms with Gasteiger partial charge in [-0.15, -0.1) is 0 Å².